The smallest absolute Gasteiger partial charge is 0.334 e. The van der Waals surface area contributed by atoms with Crippen LogP contribution in [0, 0.1) is 23.7 Å². The van der Waals surface area contributed by atoms with Crippen LogP contribution in [0.4, 0.5) is 0 Å². The van der Waals surface area contributed by atoms with Gasteiger partial charge in [-0.15, -0.1) is 0 Å². The second kappa shape index (κ2) is 3.92. The van der Waals surface area contributed by atoms with Crippen molar-refractivity contribution in [2.75, 3.05) is 0 Å². The predicted octanol–water partition coefficient (Wildman–Crippen LogP) is 1.47. The minimum atomic E-state index is -0.859. The summed E-state index contributed by atoms with van der Waals surface area (Å²) in [6.07, 6.45) is 1.41. The van der Waals surface area contributed by atoms with Gasteiger partial charge < -0.3 is 9.84 Å². The maximum absolute atomic E-state index is 12.0. The molecule has 4 nitrogen and oxygen atoms in total. The molecular formula is C15H20O4. The normalized spacial score (nSPS) is 49.6. The zero-order valence-corrected chi connectivity index (χ0v) is 11.4. The number of ether oxygens (including phenoxy) is 1. The molecule has 1 N–H and O–H groups in total. The summed E-state index contributed by atoms with van der Waals surface area (Å²) in [4.78, 5) is 23.7. The molecule has 0 spiro atoms. The molecule has 2 saturated carbocycles. The molecule has 3 aliphatic rings. The second-order valence-corrected chi connectivity index (χ2v) is 6.54. The van der Waals surface area contributed by atoms with E-state index in [1.807, 2.05) is 13.8 Å². The third kappa shape index (κ3) is 1.69. The van der Waals surface area contributed by atoms with Gasteiger partial charge in [-0.2, -0.15) is 0 Å². The van der Waals surface area contributed by atoms with Crippen LogP contribution in [0.1, 0.15) is 33.1 Å². The predicted molar refractivity (Wildman–Crippen MR) is 68.1 cm³/mol. The molecule has 3 fully saturated rings. The Morgan fingerprint density at radius 2 is 2.11 bits per heavy atom. The van der Waals surface area contributed by atoms with Crippen molar-refractivity contribution in [3.63, 3.8) is 0 Å². The zero-order valence-electron chi connectivity index (χ0n) is 11.4. The first kappa shape index (κ1) is 12.9. The van der Waals surface area contributed by atoms with Crippen LogP contribution >= 0.6 is 0 Å². The largest absolute Gasteiger partial charge is 0.458 e. The van der Waals surface area contributed by atoms with Gasteiger partial charge in [0.25, 0.3) is 0 Å². The lowest BCUT2D eigenvalue weighted by Gasteiger charge is -2.34. The number of carbonyl (C=O) groups excluding carboxylic acids is 2. The highest BCUT2D eigenvalue weighted by molar-refractivity contribution is 5.91. The lowest BCUT2D eigenvalue weighted by molar-refractivity contribution is -0.144. The van der Waals surface area contributed by atoms with Gasteiger partial charge in [0.05, 0.1) is 5.60 Å². The number of aliphatic hydroxyl groups is 1. The summed E-state index contributed by atoms with van der Waals surface area (Å²) in [5.74, 6) is -0.531. The van der Waals surface area contributed by atoms with Crippen LogP contribution in [-0.2, 0) is 14.3 Å². The van der Waals surface area contributed by atoms with Gasteiger partial charge in [-0.1, -0.05) is 13.5 Å². The standard InChI is InChI=1S/C15H20O4/c1-7-9-4-5-15(3,18)10-6-11(16)8(2)12(10)13(9)19-14(7)17/h8-10,12-13,18H,1,4-6H2,2-3H3/t8-,9-,10+,12-,13-,15+/m0/s1. The van der Waals surface area contributed by atoms with Crippen molar-refractivity contribution in [3.8, 4) is 0 Å². The van der Waals surface area contributed by atoms with Gasteiger partial charge in [0.15, 0.2) is 0 Å². The van der Waals surface area contributed by atoms with E-state index in [2.05, 4.69) is 6.58 Å². The first-order valence-electron chi connectivity index (χ1n) is 6.98. The van der Waals surface area contributed by atoms with Crippen molar-refractivity contribution in [1.82, 2.24) is 0 Å². The maximum Gasteiger partial charge on any atom is 0.334 e. The molecule has 0 radical (unpaired) electrons. The Hall–Kier alpha value is -1.16. The van der Waals surface area contributed by atoms with E-state index in [4.69, 9.17) is 4.74 Å². The highest BCUT2D eigenvalue weighted by atomic mass is 16.6. The summed E-state index contributed by atoms with van der Waals surface area (Å²) in [5.41, 5.74) is -0.352. The minimum absolute atomic E-state index is 0.0395. The molecule has 0 bridgehead atoms. The lowest BCUT2D eigenvalue weighted by Crippen LogP contribution is -2.40. The number of Topliss-reactive ketones (excluding diaryl/α,β-unsaturated/α-hetero) is 1. The molecule has 0 aromatic heterocycles. The Labute approximate surface area is 112 Å². The van der Waals surface area contributed by atoms with E-state index in [1.165, 1.54) is 0 Å². The molecule has 4 heteroatoms. The molecule has 1 saturated heterocycles. The SMILES string of the molecule is C=C1C(=O)O[C@@H]2[C@@H]3[C@@H](CC(=O)[C@@H]3C)[C@](C)(O)CC[C@@H]12. The van der Waals surface area contributed by atoms with Crippen molar-refractivity contribution >= 4 is 11.8 Å². The van der Waals surface area contributed by atoms with E-state index < -0.39 is 5.60 Å². The van der Waals surface area contributed by atoms with E-state index in [0.29, 0.717) is 24.8 Å². The number of hydrogen-bond acceptors (Lipinski definition) is 4. The van der Waals surface area contributed by atoms with Crippen LogP contribution in [0.5, 0.6) is 0 Å². The van der Waals surface area contributed by atoms with Crippen LogP contribution in [-0.4, -0.2) is 28.6 Å². The molecule has 1 heterocycles. The number of fused-ring (bicyclic) bond motifs is 3. The lowest BCUT2D eigenvalue weighted by atomic mass is 9.76. The first-order chi connectivity index (χ1) is 8.83. The van der Waals surface area contributed by atoms with Crippen molar-refractivity contribution in [1.29, 1.82) is 0 Å². The molecule has 0 unspecified atom stereocenters. The molecule has 0 aromatic rings. The number of hydrogen-bond donors (Lipinski definition) is 1. The quantitative estimate of drug-likeness (QED) is 0.531. The van der Waals surface area contributed by atoms with Crippen molar-refractivity contribution in [3.05, 3.63) is 12.2 Å². The first-order valence-corrected chi connectivity index (χ1v) is 6.98. The minimum Gasteiger partial charge on any atom is -0.458 e. The van der Waals surface area contributed by atoms with Gasteiger partial charge in [0.1, 0.15) is 11.9 Å². The molecule has 0 amide bonds. The Kier molecular flexibility index (Phi) is 2.65. The summed E-state index contributed by atoms with van der Waals surface area (Å²) in [6, 6.07) is 0. The zero-order chi connectivity index (χ0) is 13.9. The van der Waals surface area contributed by atoms with E-state index >= 15 is 0 Å². The average molecular weight is 264 g/mol. The molecular weight excluding hydrogens is 244 g/mol. The van der Waals surface area contributed by atoms with Gasteiger partial charge in [0.2, 0.25) is 0 Å². The summed E-state index contributed by atoms with van der Waals surface area (Å²) in [7, 11) is 0. The van der Waals surface area contributed by atoms with Gasteiger partial charge in [-0.05, 0) is 19.8 Å². The molecule has 0 aromatic carbocycles. The molecule has 6 atom stereocenters. The van der Waals surface area contributed by atoms with Crippen molar-refractivity contribution < 1.29 is 19.4 Å². The van der Waals surface area contributed by atoms with Gasteiger partial charge >= 0.3 is 5.97 Å². The maximum atomic E-state index is 12.0. The number of rotatable bonds is 0. The Morgan fingerprint density at radius 1 is 1.42 bits per heavy atom. The molecule has 1 aliphatic heterocycles. The van der Waals surface area contributed by atoms with Crippen molar-refractivity contribution in [2.24, 2.45) is 23.7 Å². The number of esters is 1. The van der Waals surface area contributed by atoms with Crippen LogP contribution in [0.2, 0.25) is 0 Å². The summed E-state index contributed by atoms with van der Waals surface area (Å²) >= 11 is 0. The topological polar surface area (TPSA) is 63.6 Å². The summed E-state index contributed by atoms with van der Waals surface area (Å²) in [6.45, 7) is 7.52. The molecule has 104 valence electrons. The second-order valence-electron chi connectivity index (χ2n) is 6.54. The monoisotopic (exact) mass is 264 g/mol. The van der Waals surface area contributed by atoms with E-state index in [9.17, 15) is 14.7 Å². The molecule has 3 rings (SSSR count). The van der Waals surface area contributed by atoms with Gasteiger partial charge in [0, 0.05) is 35.7 Å². The van der Waals surface area contributed by atoms with E-state index in [-0.39, 0.29) is 41.5 Å². The van der Waals surface area contributed by atoms with Crippen LogP contribution < -0.4 is 0 Å². The number of carbonyl (C=O) groups is 2. The fraction of sp³-hybridized carbons (Fsp3) is 0.733. The van der Waals surface area contributed by atoms with E-state index in [0.717, 1.165) is 0 Å². The number of ketones is 1. The third-order valence-corrected chi connectivity index (χ3v) is 5.46. The average Bonchev–Trinajstić information content (AvgIpc) is 2.74. The highest BCUT2D eigenvalue weighted by Gasteiger charge is 2.58. The Balaban J connectivity index is 2.03. The van der Waals surface area contributed by atoms with Crippen molar-refractivity contribution in [2.45, 2.75) is 44.8 Å². The van der Waals surface area contributed by atoms with Gasteiger partial charge in [-0.3, -0.25) is 4.79 Å². The highest BCUT2D eigenvalue weighted by Crippen LogP contribution is 2.52. The summed E-state index contributed by atoms with van der Waals surface area (Å²) in [5, 5.41) is 10.6. The fourth-order valence-corrected chi connectivity index (χ4v) is 4.20. The Morgan fingerprint density at radius 3 is 2.79 bits per heavy atom. The van der Waals surface area contributed by atoms with E-state index in [1.54, 1.807) is 0 Å². The van der Waals surface area contributed by atoms with Crippen LogP contribution in [0.15, 0.2) is 12.2 Å². The Bertz CT molecular complexity index is 465. The van der Waals surface area contributed by atoms with Crippen LogP contribution in [0.3, 0.4) is 0 Å². The molecule has 19 heavy (non-hydrogen) atoms. The third-order valence-electron chi connectivity index (χ3n) is 5.46. The molecule has 2 aliphatic carbocycles. The fourth-order valence-electron chi connectivity index (χ4n) is 4.20. The summed E-state index contributed by atoms with van der Waals surface area (Å²) < 4.78 is 5.48. The van der Waals surface area contributed by atoms with Gasteiger partial charge in [-0.25, -0.2) is 4.79 Å². The van der Waals surface area contributed by atoms with Crippen LogP contribution in [0.25, 0.3) is 0 Å².